The van der Waals surface area contributed by atoms with Crippen LogP contribution >= 0.6 is 0 Å². The maximum Gasteiger partial charge on any atom is 0.143 e. The van der Waals surface area contributed by atoms with Crippen LogP contribution in [0.1, 0.15) is 6.85 Å². The lowest BCUT2D eigenvalue weighted by Crippen LogP contribution is -1.90. The van der Waals surface area contributed by atoms with Crippen molar-refractivity contribution in [1.29, 1.82) is 0 Å². The lowest BCUT2D eigenvalue weighted by atomic mass is 9.87. The Kier molecular flexibility index (Phi) is 4.27. The van der Waals surface area contributed by atoms with E-state index in [9.17, 15) is 0 Å². The van der Waals surface area contributed by atoms with E-state index in [2.05, 4.69) is 72.8 Å². The van der Waals surface area contributed by atoms with E-state index in [-0.39, 0.29) is 29.7 Å². The Bertz CT molecular complexity index is 2700. The van der Waals surface area contributed by atoms with Gasteiger partial charge in [0.15, 0.2) is 0 Å². The van der Waals surface area contributed by atoms with E-state index in [1.165, 1.54) is 0 Å². The average molecular weight is 552 g/mol. The SMILES string of the molecule is [2H]c1c([2H])c([2H])c(-c2ccc3ccc4c(-c5cccc(-c6c(-c7ccccc7)oc7ccccc67)c5)ccc5ccc2c3c54)c([2H])c1[2H]. The first kappa shape index (κ1) is 19.5. The molecule has 0 radical (unpaired) electrons. The smallest absolute Gasteiger partial charge is 0.143 e. The largest absolute Gasteiger partial charge is 0.455 e. The summed E-state index contributed by atoms with van der Waals surface area (Å²) in [5.74, 6) is 0.838. The summed E-state index contributed by atoms with van der Waals surface area (Å²) >= 11 is 0. The van der Waals surface area contributed by atoms with Crippen LogP contribution in [0.5, 0.6) is 0 Å². The average Bonchev–Trinajstić information content (AvgIpc) is 3.53. The van der Waals surface area contributed by atoms with E-state index >= 15 is 0 Å². The molecular formula is C42H26O. The van der Waals surface area contributed by atoms with Gasteiger partial charge >= 0.3 is 0 Å². The van der Waals surface area contributed by atoms with E-state index in [1.807, 2.05) is 54.6 Å². The van der Waals surface area contributed by atoms with Crippen molar-refractivity contribution < 1.29 is 11.3 Å². The van der Waals surface area contributed by atoms with Gasteiger partial charge in [-0.2, -0.15) is 0 Å². The van der Waals surface area contributed by atoms with E-state index in [0.29, 0.717) is 5.56 Å². The fraction of sp³-hybridized carbons (Fsp3) is 0. The van der Waals surface area contributed by atoms with Crippen molar-refractivity contribution in [3.05, 3.63) is 158 Å². The van der Waals surface area contributed by atoms with E-state index < -0.39 is 6.04 Å². The maximum absolute atomic E-state index is 8.67. The Hall–Kier alpha value is -5.66. The molecule has 1 heterocycles. The third-order valence-corrected chi connectivity index (χ3v) is 8.53. The summed E-state index contributed by atoms with van der Waals surface area (Å²) in [5.41, 5.74) is 6.97. The first-order valence-electron chi connectivity index (χ1n) is 16.9. The number of benzene rings is 8. The van der Waals surface area contributed by atoms with Crippen molar-refractivity contribution in [2.45, 2.75) is 0 Å². The molecule has 1 aromatic heterocycles. The third kappa shape index (κ3) is 3.72. The minimum atomic E-state index is -0.391. The van der Waals surface area contributed by atoms with E-state index in [4.69, 9.17) is 11.3 Å². The van der Waals surface area contributed by atoms with Gasteiger partial charge in [0.25, 0.3) is 0 Å². The van der Waals surface area contributed by atoms with E-state index in [1.54, 1.807) is 0 Å². The van der Waals surface area contributed by atoms with Crippen LogP contribution in [-0.4, -0.2) is 0 Å². The van der Waals surface area contributed by atoms with Gasteiger partial charge in [-0.05, 0) is 72.3 Å². The summed E-state index contributed by atoms with van der Waals surface area (Å²) in [7, 11) is 0. The molecule has 0 aliphatic heterocycles. The number of fused-ring (bicyclic) bond motifs is 1. The predicted octanol–water partition coefficient (Wildman–Crippen LogP) is 12.0. The molecule has 1 heteroatoms. The Balaban J connectivity index is 1.28. The van der Waals surface area contributed by atoms with Crippen LogP contribution in [0.25, 0.3) is 88.0 Å². The van der Waals surface area contributed by atoms with Crippen molar-refractivity contribution in [2.75, 3.05) is 0 Å². The standard InChI is InChI=1S/C42H26O/c1-3-10-27(11-4-1)33-22-18-28-21-25-36-34(23-19-29-20-24-35(33)39(28)40(29)36)31-14-9-15-32(26-31)41-37-16-7-8-17-38(37)43-42(41)30-12-5-2-6-13-30/h1-26H/i1D,3D,4D,10D,11D. The highest BCUT2D eigenvalue weighted by Crippen LogP contribution is 2.45. The molecule has 0 bridgehead atoms. The molecular weight excluding hydrogens is 520 g/mol. The van der Waals surface area contributed by atoms with Crippen LogP contribution in [0.4, 0.5) is 0 Å². The van der Waals surface area contributed by atoms with Crippen LogP contribution in [0.3, 0.4) is 0 Å². The van der Waals surface area contributed by atoms with Crippen LogP contribution < -0.4 is 0 Å². The highest BCUT2D eigenvalue weighted by Gasteiger charge is 2.19. The first-order chi connectivity index (χ1) is 23.4. The Morgan fingerprint density at radius 1 is 0.442 bits per heavy atom. The topological polar surface area (TPSA) is 13.1 Å². The summed E-state index contributed by atoms with van der Waals surface area (Å²) in [6, 6.07) is 42.0. The van der Waals surface area contributed by atoms with Crippen LogP contribution in [-0.2, 0) is 0 Å². The zero-order valence-electron chi connectivity index (χ0n) is 28.0. The Morgan fingerprint density at radius 3 is 1.79 bits per heavy atom. The molecule has 0 saturated heterocycles. The van der Waals surface area contributed by atoms with Crippen molar-refractivity contribution >= 4 is 43.3 Å². The van der Waals surface area contributed by atoms with Gasteiger partial charge in [0.1, 0.15) is 11.3 Å². The summed E-state index contributed by atoms with van der Waals surface area (Å²) < 4.78 is 48.5. The van der Waals surface area contributed by atoms with Crippen LogP contribution in [0.15, 0.2) is 162 Å². The number of hydrogen-bond donors (Lipinski definition) is 0. The minimum Gasteiger partial charge on any atom is -0.455 e. The van der Waals surface area contributed by atoms with Gasteiger partial charge in [-0.3, -0.25) is 0 Å². The van der Waals surface area contributed by atoms with Gasteiger partial charge < -0.3 is 4.42 Å². The molecule has 0 spiro atoms. The van der Waals surface area contributed by atoms with Crippen molar-refractivity contribution in [3.63, 3.8) is 0 Å². The van der Waals surface area contributed by atoms with E-state index in [0.717, 1.165) is 76.9 Å². The highest BCUT2D eigenvalue weighted by molar-refractivity contribution is 6.27. The van der Waals surface area contributed by atoms with Gasteiger partial charge in [0.2, 0.25) is 0 Å². The lowest BCUT2D eigenvalue weighted by molar-refractivity contribution is 0.632. The first-order valence-corrected chi connectivity index (χ1v) is 14.4. The molecule has 0 fully saturated rings. The lowest BCUT2D eigenvalue weighted by Gasteiger charge is -2.17. The fourth-order valence-electron chi connectivity index (χ4n) is 6.62. The summed E-state index contributed by atoms with van der Waals surface area (Å²) in [6.07, 6.45) is 0. The third-order valence-electron chi connectivity index (χ3n) is 8.53. The monoisotopic (exact) mass is 551 g/mol. The molecule has 0 saturated carbocycles. The quantitative estimate of drug-likeness (QED) is 0.198. The molecule has 43 heavy (non-hydrogen) atoms. The van der Waals surface area contributed by atoms with Crippen molar-refractivity contribution in [2.24, 2.45) is 0 Å². The molecule has 1 nitrogen and oxygen atoms in total. The predicted molar refractivity (Wildman–Crippen MR) is 182 cm³/mol. The summed E-state index contributed by atoms with van der Waals surface area (Å²) in [4.78, 5) is 0. The molecule has 0 N–H and O–H groups in total. The molecule has 8 aromatic carbocycles. The molecule has 0 atom stereocenters. The summed E-state index contributed by atoms with van der Waals surface area (Å²) in [6.45, 7) is 0. The Labute approximate surface area is 256 Å². The second kappa shape index (κ2) is 9.44. The Morgan fingerprint density at radius 2 is 1.05 bits per heavy atom. The molecule has 9 aromatic rings. The highest BCUT2D eigenvalue weighted by atomic mass is 16.3. The van der Waals surface area contributed by atoms with Gasteiger partial charge in [-0.1, -0.05) is 145 Å². The van der Waals surface area contributed by atoms with Gasteiger partial charge in [-0.15, -0.1) is 0 Å². The second-order valence-corrected chi connectivity index (χ2v) is 10.9. The maximum atomic E-state index is 8.67. The zero-order chi connectivity index (χ0) is 32.7. The van der Waals surface area contributed by atoms with Crippen LogP contribution in [0, 0.1) is 0 Å². The number of hydrogen-bond acceptors (Lipinski definition) is 1. The molecule has 0 unspecified atom stereocenters. The fourth-order valence-corrected chi connectivity index (χ4v) is 6.62. The second-order valence-electron chi connectivity index (χ2n) is 10.9. The summed E-state index contributed by atoms with van der Waals surface area (Å²) in [5, 5.41) is 7.20. The van der Waals surface area contributed by atoms with Crippen molar-refractivity contribution in [3.8, 4) is 44.7 Å². The molecule has 0 aliphatic rings. The van der Waals surface area contributed by atoms with Crippen molar-refractivity contribution in [1.82, 2.24) is 0 Å². The van der Waals surface area contributed by atoms with Gasteiger partial charge in [0.05, 0.1) is 6.85 Å². The van der Waals surface area contributed by atoms with Crippen LogP contribution in [0.2, 0.25) is 0 Å². The number of furan rings is 1. The normalized spacial score (nSPS) is 13.3. The van der Waals surface area contributed by atoms with Gasteiger partial charge in [0, 0.05) is 16.5 Å². The molecule has 9 rings (SSSR count). The molecule has 0 aliphatic carbocycles. The van der Waals surface area contributed by atoms with Gasteiger partial charge in [-0.25, -0.2) is 0 Å². The minimum absolute atomic E-state index is 0.199. The molecule has 200 valence electrons. The zero-order valence-corrected chi connectivity index (χ0v) is 23.0. The number of rotatable bonds is 4. The molecule has 0 amide bonds. The number of para-hydroxylation sites is 1.